The number of benzene rings is 3. The maximum Gasteiger partial charge on any atom is 0.325 e. The molecule has 33 heavy (non-hydrogen) atoms. The summed E-state index contributed by atoms with van der Waals surface area (Å²) in [6.45, 7) is 1.26. The summed E-state index contributed by atoms with van der Waals surface area (Å²) in [5, 5.41) is 5.53. The van der Waals surface area contributed by atoms with Gasteiger partial charge in [0.05, 0.1) is 7.11 Å². The monoisotopic (exact) mass is 441 g/mol. The largest absolute Gasteiger partial charge is 0.497 e. The van der Waals surface area contributed by atoms with Crippen molar-refractivity contribution in [2.24, 2.45) is 0 Å². The van der Waals surface area contributed by atoms with Gasteiger partial charge >= 0.3 is 6.03 Å². The second-order valence-electron chi connectivity index (χ2n) is 8.43. The lowest BCUT2D eigenvalue weighted by Gasteiger charge is -2.22. The minimum absolute atomic E-state index is 0.367. The van der Waals surface area contributed by atoms with Crippen LogP contribution in [0, 0.1) is 0 Å². The molecule has 0 aromatic heterocycles. The van der Waals surface area contributed by atoms with E-state index in [0.29, 0.717) is 17.0 Å². The zero-order valence-corrected chi connectivity index (χ0v) is 18.3. The Morgan fingerprint density at radius 3 is 2.52 bits per heavy atom. The predicted octanol–water partition coefficient (Wildman–Crippen LogP) is 3.67. The predicted molar refractivity (Wildman–Crippen MR) is 124 cm³/mol. The maximum atomic E-state index is 13.1. The average molecular weight is 441 g/mol. The van der Waals surface area contributed by atoms with E-state index in [1.807, 2.05) is 30.3 Å². The second-order valence-corrected chi connectivity index (χ2v) is 8.43. The first kappa shape index (κ1) is 20.8. The van der Waals surface area contributed by atoms with E-state index in [1.54, 1.807) is 38.3 Å². The molecule has 4 amide bonds. The Labute approximate surface area is 191 Å². The fourth-order valence-electron chi connectivity index (χ4n) is 4.53. The number of hydrogen-bond donors (Lipinski definition) is 2. The number of ether oxygens (including phenoxy) is 1. The van der Waals surface area contributed by atoms with Crippen LogP contribution < -0.4 is 15.4 Å². The average Bonchev–Trinajstić information content (AvgIpc) is 3.29. The van der Waals surface area contributed by atoms with Gasteiger partial charge in [-0.2, -0.15) is 0 Å². The number of urea groups is 1. The molecular formula is C26H23N3O4. The highest BCUT2D eigenvalue weighted by atomic mass is 16.5. The van der Waals surface area contributed by atoms with Gasteiger partial charge in [-0.1, -0.05) is 42.5 Å². The van der Waals surface area contributed by atoms with E-state index < -0.39 is 23.4 Å². The van der Waals surface area contributed by atoms with Crippen molar-refractivity contribution in [2.45, 2.75) is 18.9 Å². The number of hydrogen-bond acceptors (Lipinski definition) is 4. The van der Waals surface area contributed by atoms with Gasteiger partial charge in [-0.15, -0.1) is 0 Å². The Kier molecular flexibility index (Phi) is 4.89. The van der Waals surface area contributed by atoms with Crippen LogP contribution in [-0.2, 0) is 21.5 Å². The standard InChI is InChI=1S/C26H23N3O4/c1-26(18-7-10-20(33-2)11-8-18)24(31)29(25(32)28-26)15-23(30)27-19-9-12-22-17(14-19)13-16-5-3-4-6-21(16)22/h3-12,14H,13,15H2,1-2H3,(H,27,30)(H,28,32). The molecule has 0 saturated carbocycles. The first-order valence-electron chi connectivity index (χ1n) is 10.7. The number of fused-ring (bicyclic) bond motifs is 3. The van der Waals surface area contributed by atoms with Crippen LogP contribution >= 0.6 is 0 Å². The number of carbonyl (C=O) groups excluding carboxylic acids is 3. The molecule has 3 aromatic carbocycles. The van der Waals surface area contributed by atoms with E-state index in [9.17, 15) is 14.4 Å². The van der Waals surface area contributed by atoms with Crippen molar-refractivity contribution in [1.82, 2.24) is 10.2 Å². The molecule has 0 radical (unpaired) electrons. The molecule has 0 spiro atoms. The van der Waals surface area contributed by atoms with Crippen LogP contribution in [0.2, 0.25) is 0 Å². The Hall–Kier alpha value is -4.13. The molecule has 7 heteroatoms. The van der Waals surface area contributed by atoms with Gasteiger partial charge < -0.3 is 15.4 Å². The van der Waals surface area contributed by atoms with E-state index in [-0.39, 0.29) is 6.54 Å². The number of anilines is 1. The SMILES string of the molecule is COc1ccc(C2(C)NC(=O)N(CC(=O)Nc3ccc4c(c3)Cc3ccccc3-4)C2=O)cc1. The van der Waals surface area contributed by atoms with E-state index in [2.05, 4.69) is 22.8 Å². The van der Waals surface area contributed by atoms with Gasteiger partial charge in [0.25, 0.3) is 5.91 Å². The Morgan fingerprint density at radius 2 is 1.76 bits per heavy atom. The summed E-state index contributed by atoms with van der Waals surface area (Å²) in [5.74, 6) is -0.266. The summed E-state index contributed by atoms with van der Waals surface area (Å²) in [4.78, 5) is 39.3. The Bertz CT molecular complexity index is 1280. The zero-order chi connectivity index (χ0) is 23.2. The molecular weight excluding hydrogens is 418 g/mol. The summed E-state index contributed by atoms with van der Waals surface area (Å²) >= 11 is 0. The lowest BCUT2D eigenvalue weighted by Crippen LogP contribution is -2.42. The summed E-state index contributed by atoms with van der Waals surface area (Å²) < 4.78 is 5.15. The second kappa shape index (κ2) is 7.78. The molecule has 0 bridgehead atoms. The third kappa shape index (κ3) is 3.51. The highest BCUT2D eigenvalue weighted by Gasteiger charge is 2.49. The molecule has 1 aliphatic carbocycles. The number of carbonyl (C=O) groups is 3. The molecule has 2 aliphatic rings. The molecule has 1 atom stereocenters. The minimum atomic E-state index is -1.25. The molecule has 1 unspecified atom stereocenters. The van der Waals surface area contributed by atoms with Crippen molar-refractivity contribution in [2.75, 3.05) is 19.0 Å². The number of nitrogens with zero attached hydrogens (tertiary/aromatic N) is 1. The third-order valence-electron chi connectivity index (χ3n) is 6.32. The molecule has 1 aliphatic heterocycles. The first-order chi connectivity index (χ1) is 15.9. The Morgan fingerprint density at radius 1 is 1.03 bits per heavy atom. The molecule has 2 N–H and O–H groups in total. The highest BCUT2D eigenvalue weighted by Crippen LogP contribution is 2.37. The van der Waals surface area contributed by atoms with E-state index in [1.165, 1.54) is 11.1 Å². The van der Waals surface area contributed by atoms with Crippen molar-refractivity contribution in [1.29, 1.82) is 0 Å². The maximum absolute atomic E-state index is 13.1. The molecule has 5 rings (SSSR count). The summed E-state index contributed by atoms with van der Waals surface area (Å²) in [6.07, 6.45) is 0.808. The molecule has 1 saturated heterocycles. The fourth-order valence-corrected chi connectivity index (χ4v) is 4.53. The third-order valence-corrected chi connectivity index (χ3v) is 6.32. The smallest absolute Gasteiger partial charge is 0.325 e. The van der Waals surface area contributed by atoms with E-state index >= 15 is 0 Å². The molecule has 1 heterocycles. The first-order valence-corrected chi connectivity index (χ1v) is 10.7. The van der Waals surface area contributed by atoms with Crippen LogP contribution in [-0.4, -0.2) is 36.4 Å². The van der Waals surface area contributed by atoms with Gasteiger partial charge in [-0.05, 0) is 65.4 Å². The van der Waals surface area contributed by atoms with E-state index in [0.717, 1.165) is 22.4 Å². The van der Waals surface area contributed by atoms with Crippen LogP contribution in [0.1, 0.15) is 23.6 Å². The summed E-state index contributed by atoms with van der Waals surface area (Å²) in [7, 11) is 1.55. The lowest BCUT2D eigenvalue weighted by molar-refractivity contribution is -0.133. The molecule has 1 fully saturated rings. The van der Waals surface area contributed by atoms with Crippen LogP contribution in [0.15, 0.2) is 66.7 Å². The molecule has 7 nitrogen and oxygen atoms in total. The summed E-state index contributed by atoms with van der Waals surface area (Å²) in [5.41, 5.74) is 4.77. The number of rotatable bonds is 5. The van der Waals surface area contributed by atoms with Gasteiger partial charge in [-0.25, -0.2) is 4.79 Å². The Balaban J connectivity index is 1.29. The molecule has 166 valence electrons. The van der Waals surface area contributed by atoms with Crippen LogP contribution in [0.3, 0.4) is 0 Å². The zero-order valence-electron chi connectivity index (χ0n) is 18.3. The quantitative estimate of drug-likeness (QED) is 0.463. The van der Waals surface area contributed by atoms with Gasteiger partial charge in [0.1, 0.15) is 17.8 Å². The van der Waals surface area contributed by atoms with Crippen molar-refractivity contribution in [3.8, 4) is 16.9 Å². The minimum Gasteiger partial charge on any atom is -0.497 e. The highest BCUT2D eigenvalue weighted by molar-refractivity contribution is 6.10. The topological polar surface area (TPSA) is 87.7 Å². The fraction of sp³-hybridized carbons (Fsp3) is 0.192. The van der Waals surface area contributed by atoms with Gasteiger partial charge in [0.2, 0.25) is 5.91 Å². The number of methoxy groups -OCH3 is 1. The van der Waals surface area contributed by atoms with E-state index in [4.69, 9.17) is 4.74 Å². The van der Waals surface area contributed by atoms with Crippen LogP contribution in [0.25, 0.3) is 11.1 Å². The summed E-state index contributed by atoms with van der Waals surface area (Å²) in [6, 6.07) is 20.3. The van der Waals surface area contributed by atoms with Crippen molar-refractivity contribution < 1.29 is 19.1 Å². The normalized spacial score (nSPS) is 18.5. The van der Waals surface area contributed by atoms with Gasteiger partial charge in [0, 0.05) is 5.69 Å². The van der Waals surface area contributed by atoms with Crippen molar-refractivity contribution >= 4 is 23.5 Å². The van der Waals surface area contributed by atoms with Gasteiger partial charge in [0.15, 0.2) is 0 Å². The molecule has 3 aromatic rings. The van der Waals surface area contributed by atoms with Crippen LogP contribution in [0.4, 0.5) is 10.5 Å². The number of amides is 4. The lowest BCUT2D eigenvalue weighted by atomic mass is 9.92. The van der Waals surface area contributed by atoms with Crippen LogP contribution in [0.5, 0.6) is 5.75 Å². The van der Waals surface area contributed by atoms with Gasteiger partial charge in [-0.3, -0.25) is 14.5 Å². The van der Waals surface area contributed by atoms with Crippen molar-refractivity contribution in [3.05, 3.63) is 83.4 Å². The number of nitrogens with one attached hydrogen (secondary N) is 2. The number of imide groups is 1. The van der Waals surface area contributed by atoms with Crippen molar-refractivity contribution in [3.63, 3.8) is 0 Å².